The molecule has 1 N–H and O–H groups in total. The van der Waals surface area contributed by atoms with Crippen LogP contribution in [0, 0.1) is 13.8 Å². The van der Waals surface area contributed by atoms with Crippen molar-refractivity contribution in [1.29, 1.82) is 0 Å². The van der Waals surface area contributed by atoms with E-state index in [1.807, 2.05) is 32.0 Å². The Balaban J connectivity index is 2.10. The molecule has 0 aliphatic carbocycles. The molecular formula is C15H15ClN4O2. The highest BCUT2D eigenvalue weighted by Gasteiger charge is 2.19. The summed E-state index contributed by atoms with van der Waals surface area (Å²) in [7, 11) is 0. The summed E-state index contributed by atoms with van der Waals surface area (Å²) < 4.78 is 6.89. The summed E-state index contributed by atoms with van der Waals surface area (Å²) in [5.41, 5.74) is 3.73. The lowest BCUT2D eigenvalue weighted by Gasteiger charge is -2.09. The summed E-state index contributed by atoms with van der Waals surface area (Å²) in [6.45, 7) is 3.98. The van der Waals surface area contributed by atoms with Crippen LogP contribution in [0.5, 0.6) is 0 Å². The second kappa shape index (κ2) is 5.90. The highest BCUT2D eigenvalue weighted by atomic mass is 35.5. The fourth-order valence-electron chi connectivity index (χ4n) is 2.39. The number of aromatic nitrogens is 4. The van der Waals surface area contributed by atoms with Crippen LogP contribution in [0.4, 0.5) is 0 Å². The first-order chi connectivity index (χ1) is 10.6. The monoisotopic (exact) mass is 318 g/mol. The summed E-state index contributed by atoms with van der Waals surface area (Å²) >= 11 is 6.28. The maximum Gasteiger partial charge on any atom is 0.138 e. The summed E-state index contributed by atoms with van der Waals surface area (Å²) in [6.07, 6.45) is 0. The van der Waals surface area contributed by atoms with Crippen LogP contribution in [-0.2, 0) is 13.2 Å². The Morgan fingerprint density at radius 2 is 2.05 bits per heavy atom. The molecule has 0 saturated carbocycles. The van der Waals surface area contributed by atoms with E-state index in [1.165, 1.54) is 0 Å². The van der Waals surface area contributed by atoms with Crippen molar-refractivity contribution in [2.75, 3.05) is 0 Å². The minimum absolute atomic E-state index is 0.206. The maximum atomic E-state index is 9.53. The van der Waals surface area contributed by atoms with Crippen LogP contribution in [0.2, 0.25) is 5.02 Å². The van der Waals surface area contributed by atoms with Gasteiger partial charge in [-0.25, -0.2) is 4.68 Å². The minimum atomic E-state index is -0.206. The molecule has 0 aliphatic heterocycles. The van der Waals surface area contributed by atoms with Gasteiger partial charge in [0.25, 0.3) is 0 Å². The molecule has 0 unspecified atom stereocenters. The van der Waals surface area contributed by atoms with E-state index >= 15 is 0 Å². The largest absolute Gasteiger partial charge is 0.390 e. The Kier molecular flexibility index (Phi) is 3.96. The summed E-state index contributed by atoms with van der Waals surface area (Å²) in [6, 6.07) is 7.41. The molecule has 6 nitrogen and oxygen atoms in total. The Morgan fingerprint density at radius 1 is 1.27 bits per heavy atom. The average Bonchev–Trinajstić information content (AvgIpc) is 3.06. The van der Waals surface area contributed by atoms with Gasteiger partial charge in [-0.2, -0.15) is 0 Å². The van der Waals surface area contributed by atoms with Crippen molar-refractivity contribution in [3.8, 4) is 11.3 Å². The van der Waals surface area contributed by atoms with E-state index in [1.54, 1.807) is 10.7 Å². The number of benzene rings is 1. The molecule has 0 radical (unpaired) electrons. The van der Waals surface area contributed by atoms with Gasteiger partial charge in [0.2, 0.25) is 0 Å². The summed E-state index contributed by atoms with van der Waals surface area (Å²) in [5.74, 6) is 0.739. The first-order valence-electron chi connectivity index (χ1n) is 6.81. The molecule has 0 saturated heterocycles. The zero-order chi connectivity index (χ0) is 15.7. The number of aryl methyl sites for hydroxylation is 2. The van der Waals surface area contributed by atoms with Crippen LogP contribution in [0.1, 0.15) is 22.7 Å². The predicted molar refractivity (Wildman–Crippen MR) is 81.5 cm³/mol. The van der Waals surface area contributed by atoms with E-state index in [-0.39, 0.29) is 6.61 Å². The van der Waals surface area contributed by atoms with Crippen LogP contribution < -0.4 is 0 Å². The topological polar surface area (TPSA) is 77.0 Å². The molecule has 0 aliphatic rings. The van der Waals surface area contributed by atoms with Gasteiger partial charge in [-0.15, -0.1) is 5.10 Å². The van der Waals surface area contributed by atoms with E-state index < -0.39 is 0 Å². The molecule has 2 heterocycles. The number of aliphatic hydroxyl groups is 1. The molecule has 7 heteroatoms. The van der Waals surface area contributed by atoms with Crippen LogP contribution in [0.15, 0.2) is 28.8 Å². The van der Waals surface area contributed by atoms with Crippen LogP contribution in [0.3, 0.4) is 0 Å². The van der Waals surface area contributed by atoms with Gasteiger partial charge in [-0.3, -0.25) is 0 Å². The van der Waals surface area contributed by atoms with Crippen molar-refractivity contribution in [1.82, 2.24) is 20.2 Å². The lowest BCUT2D eigenvalue weighted by Crippen LogP contribution is -2.06. The SMILES string of the molecule is Cc1noc(C)c1Cn1nnc(CO)c1-c1ccccc1Cl. The van der Waals surface area contributed by atoms with Crippen molar-refractivity contribution in [2.45, 2.75) is 27.0 Å². The fourth-order valence-corrected chi connectivity index (χ4v) is 2.62. The molecule has 114 valence electrons. The Bertz CT molecular complexity index is 790. The molecule has 0 bridgehead atoms. The van der Waals surface area contributed by atoms with Crippen molar-refractivity contribution in [3.05, 3.63) is 52.0 Å². The zero-order valence-electron chi connectivity index (χ0n) is 12.2. The van der Waals surface area contributed by atoms with Crippen LogP contribution >= 0.6 is 11.6 Å². The zero-order valence-corrected chi connectivity index (χ0v) is 13.0. The molecule has 0 amide bonds. The van der Waals surface area contributed by atoms with E-state index in [2.05, 4.69) is 15.5 Å². The normalized spacial score (nSPS) is 11.1. The summed E-state index contributed by atoms with van der Waals surface area (Å²) in [5, 5.41) is 22.2. The Morgan fingerprint density at radius 3 is 2.68 bits per heavy atom. The van der Waals surface area contributed by atoms with E-state index in [4.69, 9.17) is 16.1 Å². The lowest BCUT2D eigenvalue weighted by molar-refractivity contribution is 0.277. The van der Waals surface area contributed by atoms with Gasteiger partial charge < -0.3 is 9.63 Å². The quantitative estimate of drug-likeness (QED) is 0.800. The molecule has 3 rings (SSSR count). The van der Waals surface area contributed by atoms with Crippen LogP contribution in [-0.4, -0.2) is 25.3 Å². The van der Waals surface area contributed by atoms with Gasteiger partial charge in [0.05, 0.1) is 29.6 Å². The lowest BCUT2D eigenvalue weighted by atomic mass is 10.1. The number of hydrogen-bond donors (Lipinski definition) is 1. The highest BCUT2D eigenvalue weighted by Crippen LogP contribution is 2.30. The molecule has 2 aromatic heterocycles. The molecule has 1 aromatic carbocycles. The molecule has 0 fully saturated rings. The van der Waals surface area contributed by atoms with Crippen molar-refractivity contribution in [3.63, 3.8) is 0 Å². The van der Waals surface area contributed by atoms with Crippen molar-refractivity contribution < 1.29 is 9.63 Å². The highest BCUT2D eigenvalue weighted by molar-refractivity contribution is 6.33. The average molecular weight is 319 g/mol. The summed E-state index contributed by atoms with van der Waals surface area (Å²) in [4.78, 5) is 0. The first kappa shape index (κ1) is 14.7. The van der Waals surface area contributed by atoms with E-state index in [9.17, 15) is 5.11 Å². The molecule has 22 heavy (non-hydrogen) atoms. The van der Waals surface area contributed by atoms with Gasteiger partial charge >= 0.3 is 0 Å². The standard InChI is InChI=1S/C15H15ClN4O2/c1-9-12(10(2)22-18-9)7-20-15(14(8-21)17-19-20)11-5-3-4-6-13(11)16/h3-6,21H,7-8H2,1-2H3. The van der Waals surface area contributed by atoms with Gasteiger partial charge in [0.15, 0.2) is 0 Å². The number of aliphatic hydroxyl groups excluding tert-OH is 1. The predicted octanol–water partition coefficient (Wildman–Crippen LogP) is 2.74. The molecule has 0 atom stereocenters. The van der Waals surface area contributed by atoms with Gasteiger partial charge in [0.1, 0.15) is 11.5 Å². The van der Waals surface area contributed by atoms with Crippen molar-refractivity contribution >= 4 is 11.6 Å². The maximum absolute atomic E-state index is 9.53. The Labute approximate surface area is 132 Å². The Hall–Kier alpha value is -2.18. The molecular weight excluding hydrogens is 304 g/mol. The number of hydrogen-bond acceptors (Lipinski definition) is 5. The van der Waals surface area contributed by atoms with Crippen molar-refractivity contribution in [2.24, 2.45) is 0 Å². The number of halogens is 1. The third-order valence-electron chi connectivity index (χ3n) is 3.57. The van der Waals surface area contributed by atoms with E-state index in [0.717, 1.165) is 22.6 Å². The second-order valence-corrected chi connectivity index (χ2v) is 5.39. The molecule has 0 spiro atoms. The first-order valence-corrected chi connectivity index (χ1v) is 7.19. The molecule has 3 aromatic rings. The third kappa shape index (κ3) is 2.51. The fraction of sp³-hybridized carbons (Fsp3) is 0.267. The van der Waals surface area contributed by atoms with Crippen LogP contribution in [0.25, 0.3) is 11.3 Å². The van der Waals surface area contributed by atoms with Gasteiger partial charge in [-0.05, 0) is 19.9 Å². The number of nitrogens with zero attached hydrogens (tertiary/aromatic N) is 4. The number of rotatable bonds is 4. The van der Waals surface area contributed by atoms with Gasteiger partial charge in [0, 0.05) is 11.1 Å². The third-order valence-corrected chi connectivity index (χ3v) is 3.90. The van der Waals surface area contributed by atoms with E-state index in [0.29, 0.717) is 23.0 Å². The minimum Gasteiger partial charge on any atom is -0.390 e. The second-order valence-electron chi connectivity index (χ2n) is 4.98. The van der Waals surface area contributed by atoms with Gasteiger partial charge in [-0.1, -0.05) is 40.2 Å². The smallest absolute Gasteiger partial charge is 0.138 e.